The molecule has 3 rings (SSSR count). The van der Waals surface area contributed by atoms with Crippen molar-refractivity contribution in [2.24, 2.45) is 0 Å². The number of hydrogen-bond donors (Lipinski definition) is 1. The predicted octanol–water partition coefficient (Wildman–Crippen LogP) is 2.97. The summed E-state index contributed by atoms with van der Waals surface area (Å²) in [4.78, 5) is 18.4. The number of likely N-dealkylation sites (N-methyl/N-ethyl adjacent to an activating group) is 1. The highest BCUT2D eigenvalue weighted by atomic mass is 35.5. The van der Waals surface area contributed by atoms with Gasteiger partial charge in [-0.15, -0.1) is 0 Å². The fraction of sp³-hybridized carbons (Fsp3) is 0.333. The number of benzene rings is 1. The molecule has 2 heterocycles. The van der Waals surface area contributed by atoms with Crippen LogP contribution in [0.15, 0.2) is 36.5 Å². The summed E-state index contributed by atoms with van der Waals surface area (Å²) < 4.78 is 11.1. The second kappa shape index (κ2) is 7.72. The average Bonchev–Trinajstić information content (AvgIpc) is 2.62. The Morgan fingerprint density at radius 1 is 1.28 bits per heavy atom. The Bertz CT molecular complexity index is 752. The van der Waals surface area contributed by atoms with Gasteiger partial charge >= 0.3 is 0 Å². The zero-order chi connectivity index (χ0) is 17.8. The largest absolute Gasteiger partial charge is 0.486 e. The number of rotatable bonds is 5. The number of ether oxygens (including phenoxy) is 2. The summed E-state index contributed by atoms with van der Waals surface area (Å²) in [5.74, 6) is 1.86. The van der Waals surface area contributed by atoms with Gasteiger partial charge in [0.25, 0.3) is 0 Å². The van der Waals surface area contributed by atoms with Crippen molar-refractivity contribution in [2.45, 2.75) is 19.5 Å². The second-order valence-corrected chi connectivity index (χ2v) is 6.36. The van der Waals surface area contributed by atoms with Crippen molar-refractivity contribution in [2.75, 3.05) is 25.6 Å². The molecule has 0 saturated heterocycles. The van der Waals surface area contributed by atoms with E-state index in [2.05, 4.69) is 10.3 Å². The van der Waals surface area contributed by atoms with Crippen LogP contribution < -0.4 is 14.8 Å². The molecule has 1 unspecified atom stereocenters. The Morgan fingerprint density at radius 3 is 2.76 bits per heavy atom. The van der Waals surface area contributed by atoms with E-state index in [4.69, 9.17) is 21.1 Å². The Morgan fingerprint density at radius 2 is 2.04 bits per heavy atom. The first-order valence-electron chi connectivity index (χ1n) is 8.04. The number of hydrogen-bond acceptors (Lipinski definition) is 5. The lowest BCUT2D eigenvalue weighted by atomic mass is 10.1. The Labute approximate surface area is 151 Å². The van der Waals surface area contributed by atoms with Crippen molar-refractivity contribution in [1.82, 2.24) is 9.88 Å². The zero-order valence-corrected chi connectivity index (χ0v) is 14.9. The molecule has 132 valence electrons. The molecule has 1 aromatic carbocycles. The molecule has 1 amide bonds. The van der Waals surface area contributed by atoms with E-state index in [0.717, 1.165) is 17.1 Å². The minimum Gasteiger partial charge on any atom is -0.486 e. The highest BCUT2D eigenvalue weighted by Gasteiger charge is 2.20. The molecule has 25 heavy (non-hydrogen) atoms. The van der Waals surface area contributed by atoms with Crippen LogP contribution >= 0.6 is 11.6 Å². The van der Waals surface area contributed by atoms with Crippen LogP contribution in [-0.2, 0) is 11.3 Å². The van der Waals surface area contributed by atoms with E-state index in [9.17, 15) is 4.79 Å². The maximum Gasteiger partial charge on any atom is 0.242 e. The van der Waals surface area contributed by atoms with Gasteiger partial charge in [0.05, 0.1) is 11.1 Å². The second-order valence-electron chi connectivity index (χ2n) is 5.92. The topological polar surface area (TPSA) is 63.7 Å². The molecule has 6 nitrogen and oxygen atoms in total. The van der Waals surface area contributed by atoms with Crippen LogP contribution in [-0.4, -0.2) is 42.1 Å². The third-order valence-electron chi connectivity index (χ3n) is 4.06. The number of amides is 1. The van der Waals surface area contributed by atoms with Crippen LogP contribution in [0.5, 0.6) is 11.5 Å². The molecule has 2 aromatic rings. The van der Waals surface area contributed by atoms with Crippen molar-refractivity contribution in [3.05, 3.63) is 47.1 Å². The number of halogens is 1. The maximum absolute atomic E-state index is 12.4. The van der Waals surface area contributed by atoms with Gasteiger partial charge in [-0.2, -0.15) is 0 Å². The molecule has 1 N–H and O–H groups in total. The maximum atomic E-state index is 12.4. The van der Waals surface area contributed by atoms with E-state index in [0.29, 0.717) is 30.6 Å². The standard InChI is InChI=1S/C18H20ClN3O3/c1-12(18(23)21-17-6-4-14(19)10-20-17)22(2)11-13-3-5-15-16(9-13)25-8-7-24-15/h3-6,9-10,12H,7-8,11H2,1-2H3,(H,20,21,23). The molecule has 1 aliphatic heterocycles. The third-order valence-corrected chi connectivity index (χ3v) is 4.28. The average molecular weight is 362 g/mol. The minimum absolute atomic E-state index is 0.130. The van der Waals surface area contributed by atoms with E-state index in [1.54, 1.807) is 12.1 Å². The predicted molar refractivity (Wildman–Crippen MR) is 96.2 cm³/mol. The molecule has 0 bridgehead atoms. The van der Waals surface area contributed by atoms with E-state index in [1.807, 2.05) is 37.1 Å². The van der Waals surface area contributed by atoms with E-state index in [1.165, 1.54) is 6.20 Å². The summed E-state index contributed by atoms with van der Waals surface area (Å²) in [5, 5.41) is 3.32. The fourth-order valence-electron chi connectivity index (χ4n) is 2.49. The van der Waals surface area contributed by atoms with Gasteiger partial charge in [0.2, 0.25) is 5.91 Å². The molecule has 1 aliphatic rings. The van der Waals surface area contributed by atoms with E-state index >= 15 is 0 Å². The quantitative estimate of drug-likeness (QED) is 0.887. The summed E-state index contributed by atoms with van der Waals surface area (Å²) >= 11 is 5.80. The first-order valence-corrected chi connectivity index (χ1v) is 8.42. The minimum atomic E-state index is -0.328. The molecule has 7 heteroatoms. The van der Waals surface area contributed by atoms with Crippen molar-refractivity contribution in [1.29, 1.82) is 0 Å². The highest BCUT2D eigenvalue weighted by Crippen LogP contribution is 2.31. The Kier molecular flexibility index (Phi) is 5.40. The molecular formula is C18H20ClN3O3. The summed E-state index contributed by atoms with van der Waals surface area (Å²) in [6.45, 7) is 3.59. The molecule has 0 aliphatic carbocycles. The number of carbonyl (C=O) groups excluding carboxylic acids is 1. The summed E-state index contributed by atoms with van der Waals surface area (Å²) in [5.41, 5.74) is 1.05. The normalized spacial score (nSPS) is 14.2. The third kappa shape index (κ3) is 4.41. The van der Waals surface area contributed by atoms with Crippen LogP contribution in [0.25, 0.3) is 0 Å². The first kappa shape index (κ1) is 17.5. The van der Waals surface area contributed by atoms with Crippen LogP contribution in [0.2, 0.25) is 5.02 Å². The van der Waals surface area contributed by atoms with Crippen LogP contribution in [0.3, 0.4) is 0 Å². The lowest BCUT2D eigenvalue weighted by Gasteiger charge is -2.25. The molecule has 0 saturated carbocycles. The number of nitrogens with one attached hydrogen (secondary N) is 1. The van der Waals surface area contributed by atoms with E-state index < -0.39 is 0 Å². The van der Waals surface area contributed by atoms with Crippen LogP contribution in [0.4, 0.5) is 5.82 Å². The summed E-state index contributed by atoms with van der Waals surface area (Å²) in [7, 11) is 1.90. The van der Waals surface area contributed by atoms with Crippen molar-refractivity contribution >= 4 is 23.3 Å². The van der Waals surface area contributed by atoms with Crippen LogP contribution in [0.1, 0.15) is 12.5 Å². The Hall–Kier alpha value is -2.31. The van der Waals surface area contributed by atoms with Crippen molar-refractivity contribution < 1.29 is 14.3 Å². The number of nitrogens with zero attached hydrogens (tertiary/aromatic N) is 2. The molecule has 0 spiro atoms. The number of pyridine rings is 1. The lowest BCUT2D eigenvalue weighted by molar-refractivity contribution is -0.120. The molecule has 0 fully saturated rings. The molecule has 1 aromatic heterocycles. The number of aromatic nitrogens is 1. The smallest absolute Gasteiger partial charge is 0.242 e. The number of anilines is 1. The van der Waals surface area contributed by atoms with Crippen molar-refractivity contribution in [3.8, 4) is 11.5 Å². The lowest BCUT2D eigenvalue weighted by Crippen LogP contribution is -2.39. The van der Waals surface area contributed by atoms with Gasteiger partial charge in [-0.05, 0) is 43.8 Å². The first-order chi connectivity index (χ1) is 12.0. The SMILES string of the molecule is CC(C(=O)Nc1ccc(Cl)cn1)N(C)Cc1ccc2c(c1)OCCO2. The van der Waals surface area contributed by atoms with Gasteiger partial charge in [-0.3, -0.25) is 9.69 Å². The molecule has 1 atom stereocenters. The monoisotopic (exact) mass is 361 g/mol. The zero-order valence-electron chi connectivity index (χ0n) is 14.2. The van der Waals surface area contributed by atoms with Gasteiger partial charge in [-0.25, -0.2) is 4.98 Å². The van der Waals surface area contributed by atoms with Gasteiger partial charge in [-0.1, -0.05) is 17.7 Å². The van der Waals surface area contributed by atoms with E-state index in [-0.39, 0.29) is 11.9 Å². The van der Waals surface area contributed by atoms with Gasteiger partial charge in [0, 0.05) is 12.7 Å². The summed E-state index contributed by atoms with van der Waals surface area (Å²) in [6.07, 6.45) is 1.50. The van der Waals surface area contributed by atoms with Gasteiger partial charge in [0.1, 0.15) is 19.0 Å². The summed E-state index contributed by atoms with van der Waals surface area (Å²) in [6, 6.07) is 8.87. The van der Waals surface area contributed by atoms with Gasteiger partial charge in [0.15, 0.2) is 11.5 Å². The number of fused-ring (bicyclic) bond motifs is 1. The molecular weight excluding hydrogens is 342 g/mol. The van der Waals surface area contributed by atoms with Gasteiger partial charge < -0.3 is 14.8 Å². The van der Waals surface area contributed by atoms with Crippen molar-refractivity contribution in [3.63, 3.8) is 0 Å². The number of carbonyl (C=O) groups is 1. The molecule has 0 radical (unpaired) electrons. The van der Waals surface area contributed by atoms with Crippen LogP contribution in [0, 0.1) is 0 Å². The fourth-order valence-corrected chi connectivity index (χ4v) is 2.60. The highest BCUT2D eigenvalue weighted by molar-refractivity contribution is 6.30. The Balaban J connectivity index is 1.60.